The van der Waals surface area contributed by atoms with Gasteiger partial charge in [-0.15, -0.1) is 11.3 Å². The van der Waals surface area contributed by atoms with Crippen molar-refractivity contribution in [2.75, 3.05) is 6.61 Å². The zero-order valence-electron chi connectivity index (χ0n) is 13.0. The number of amides is 1. The first-order valence-corrected chi connectivity index (χ1v) is 8.19. The van der Waals surface area contributed by atoms with E-state index in [1.165, 1.54) is 0 Å². The van der Waals surface area contributed by atoms with Crippen molar-refractivity contribution >= 4 is 46.5 Å². The van der Waals surface area contributed by atoms with Crippen LogP contribution >= 0.6 is 22.9 Å². The van der Waals surface area contributed by atoms with Gasteiger partial charge in [0.25, 0.3) is 11.5 Å². The Labute approximate surface area is 150 Å². The first-order valence-electron chi connectivity index (χ1n) is 6.99. The van der Waals surface area contributed by atoms with Gasteiger partial charge in [0.1, 0.15) is 15.3 Å². The number of hydrogen-bond acceptors (Lipinski definition) is 6. The van der Waals surface area contributed by atoms with E-state index in [1.54, 1.807) is 37.3 Å². The average Bonchev–Trinajstić information content (AvgIpc) is 2.85. The molecule has 0 aliphatic heterocycles. The fourth-order valence-corrected chi connectivity index (χ4v) is 3.17. The number of aromatic nitrogens is 1. The van der Waals surface area contributed by atoms with Gasteiger partial charge in [0.15, 0.2) is 5.57 Å². The number of primary amides is 1. The SMILES string of the molecule is CCOC(=O)/C=c1\s/c(=C(/C#N)C(N)=O)n(-c2ccc(Cl)cc2)c1=O. The highest BCUT2D eigenvalue weighted by Gasteiger charge is 2.15. The summed E-state index contributed by atoms with van der Waals surface area (Å²) in [6.45, 7) is 1.78. The summed E-state index contributed by atoms with van der Waals surface area (Å²) in [6, 6.07) is 7.89. The molecule has 1 aromatic carbocycles. The molecule has 1 amide bonds. The van der Waals surface area contributed by atoms with Crippen LogP contribution in [0.2, 0.25) is 5.02 Å². The van der Waals surface area contributed by atoms with Crippen LogP contribution in [0.3, 0.4) is 0 Å². The second kappa shape index (κ2) is 7.79. The summed E-state index contributed by atoms with van der Waals surface area (Å²) in [5.74, 6) is -1.68. The minimum atomic E-state index is -0.978. The molecule has 2 N–H and O–H groups in total. The van der Waals surface area contributed by atoms with Gasteiger partial charge in [-0.2, -0.15) is 5.26 Å². The van der Waals surface area contributed by atoms with Crippen LogP contribution in [0.15, 0.2) is 29.1 Å². The largest absolute Gasteiger partial charge is 0.463 e. The van der Waals surface area contributed by atoms with Crippen LogP contribution in [0.25, 0.3) is 17.3 Å². The number of hydrogen-bond donors (Lipinski definition) is 1. The molecule has 25 heavy (non-hydrogen) atoms. The van der Waals surface area contributed by atoms with Crippen molar-refractivity contribution in [3.8, 4) is 11.8 Å². The molecule has 0 radical (unpaired) electrons. The van der Waals surface area contributed by atoms with Gasteiger partial charge in [0, 0.05) is 11.1 Å². The molecule has 7 nitrogen and oxygen atoms in total. The molecule has 2 aromatic rings. The van der Waals surface area contributed by atoms with Crippen molar-refractivity contribution in [1.29, 1.82) is 5.26 Å². The number of carbonyl (C=O) groups excluding carboxylic acids is 2. The van der Waals surface area contributed by atoms with Gasteiger partial charge < -0.3 is 10.5 Å². The number of halogens is 1. The molecule has 1 heterocycles. The zero-order chi connectivity index (χ0) is 18.6. The topological polar surface area (TPSA) is 115 Å². The van der Waals surface area contributed by atoms with Crippen molar-refractivity contribution in [3.05, 3.63) is 48.8 Å². The number of nitrogens with two attached hydrogens (primary N) is 1. The van der Waals surface area contributed by atoms with Gasteiger partial charge in [-0.25, -0.2) is 4.79 Å². The number of esters is 1. The third-order valence-electron chi connectivity index (χ3n) is 3.02. The van der Waals surface area contributed by atoms with Gasteiger partial charge in [0.2, 0.25) is 0 Å². The number of carbonyl (C=O) groups is 2. The maximum atomic E-state index is 12.7. The van der Waals surface area contributed by atoms with Gasteiger partial charge in [-0.3, -0.25) is 14.2 Å². The van der Waals surface area contributed by atoms with E-state index in [9.17, 15) is 19.6 Å². The maximum absolute atomic E-state index is 12.7. The van der Waals surface area contributed by atoms with Gasteiger partial charge in [-0.1, -0.05) is 11.6 Å². The number of nitrogens with zero attached hydrogens (tertiary/aromatic N) is 2. The molecule has 0 aliphatic carbocycles. The van der Waals surface area contributed by atoms with Crippen LogP contribution in [0.4, 0.5) is 0 Å². The van der Waals surface area contributed by atoms with Crippen molar-refractivity contribution in [2.24, 2.45) is 5.73 Å². The van der Waals surface area contributed by atoms with Gasteiger partial charge in [0.05, 0.1) is 12.3 Å². The molecule has 0 bridgehead atoms. The van der Waals surface area contributed by atoms with E-state index in [1.807, 2.05) is 0 Å². The Morgan fingerprint density at radius 3 is 2.56 bits per heavy atom. The van der Waals surface area contributed by atoms with Crippen LogP contribution < -0.4 is 20.5 Å². The molecule has 2 rings (SSSR count). The second-order valence-electron chi connectivity index (χ2n) is 4.64. The summed E-state index contributed by atoms with van der Waals surface area (Å²) in [6.07, 6.45) is 1.02. The summed E-state index contributed by atoms with van der Waals surface area (Å²) >= 11 is 6.65. The monoisotopic (exact) mass is 377 g/mol. The minimum Gasteiger partial charge on any atom is -0.463 e. The first kappa shape index (κ1) is 18.4. The molecule has 0 spiro atoms. The third-order valence-corrected chi connectivity index (χ3v) is 4.36. The molecule has 0 fully saturated rings. The van der Waals surface area contributed by atoms with E-state index in [0.29, 0.717) is 10.7 Å². The molecule has 0 aliphatic rings. The fraction of sp³-hybridized carbons (Fsp3) is 0.125. The fourth-order valence-electron chi connectivity index (χ4n) is 1.97. The maximum Gasteiger partial charge on any atom is 0.332 e. The molecule has 1 aromatic heterocycles. The van der Waals surface area contributed by atoms with Crippen molar-refractivity contribution < 1.29 is 14.3 Å². The summed E-state index contributed by atoms with van der Waals surface area (Å²) in [5, 5.41) is 9.66. The first-order chi connectivity index (χ1) is 11.9. The lowest BCUT2D eigenvalue weighted by molar-refractivity contribution is -0.135. The summed E-state index contributed by atoms with van der Waals surface area (Å²) in [5.41, 5.74) is 4.63. The van der Waals surface area contributed by atoms with Crippen molar-refractivity contribution in [2.45, 2.75) is 6.92 Å². The molecular weight excluding hydrogens is 366 g/mol. The highest BCUT2D eigenvalue weighted by molar-refractivity contribution is 7.07. The van der Waals surface area contributed by atoms with E-state index in [0.717, 1.165) is 22.0 Å². The molecule has 128 valence electrons. The molecule has 9 heteroatoms. The van der Waals surface area contributed by atoms with Crippen molar-refractivity contribution in [3.63, 3.8) is 0 Å². The number of thiazole rings is 1. The Kier molecular flexibility index (Phi) is 5.75. The normalized spacial score (nSPS) is 12.4. The van der Waals surface area contributed by atoms with Crippen LogP contribution in [-0.4, -0.2) is 23.1 Å². The molecule has 0 atom stereocenters. The predicted octanol–water partition coefficient (Wildman–Crippen LogP) is 0.0556. The molecular formula is C16H12ClN3O4S. The van der Waals surface area contributed by atoms with Crippen molar-refractivity contribution in [1.82, 2.24) is 4.57 Å². The van der Waals surface area contributed by atoms with E-state index in [-0.39, 0.29) is 21.4 Å². The van der Waals surface area contributed by atoms with Crippen LogP contribution in [0.5, 0.6) is 0 Å². The Bertz CT molecular complexity index is 1050. The Morgan fingerprint density at radius 2 is 2.04 bits per heavy atom. The lowest BCUT2D eigenvalue weighted by Crippen LogP contribution is -2.32. The number of ether oxygens (including phenoxy) is 1. The molecule has 0 saturated carbocycles. The average molecular weight is 378 g/mol. The predicted molar refractivity (Wildman–Crippen MR) is 93.5 cm³/mol. The number of nitriles is 1. The highest BCUT2D eigenvalue weighted by atomic mass is 35.5. The second-order valence-corrected chi connectivity index (χ2v) is 6.10. The quantitative estimate of drug-likeness (QED) is 0.756. The third kappa shape index (κ3) is 3.96. The Hall–Kier alpha value is -2.89. The standard InChI is InChI=1S/C16H12ClN3O4S/c1-2-24-13(21)7-12-15(23)20(10-5-3-9(17)4-6-10)16(25-12)11(8-18)14(19)22/h3-7H,2H2,1H3,(H2,19,22)/b12-7-,16-11-. The lowest BCUT2D eigenvalue weighted by Gasteiger charge is -2.02. The van der Waals surface area contributed by atoms with E-state index >= 15 is 0 Å². The smallest absolute Gasteiger partial charge is 0.332 e. The summed E-state index contributed by atoms with van der Waals surface area (Å²) < 4.78 is 5.96. The minimum absolute atomic E-state index is 0.0115. The van der Waals surface area contributed by atoms with Crippen LogP contribution in [-0.2, 0) is 14.3 Å². The van der Waals surface area contributed by atoms with E-state index in [2.05, 4.69) is 0 Å². The van der Waals surface area contributed by atoms with Gasteiger partial charge in [-0.05, 0) is 31.2 Å². The molecule has 0 saturated heterocycles. The molecule has 0 unspecified atom stereocenters. The number of rotatable bonds is 4. The Morgan fingerprint density at radius 1 is 1.40 bits per heavy atom. The van der Waals surface area contributed by atoms with Crippen LogP contribution in [0.1, 0.15) is 6.92 Å². The lowest BCUT2D eigenvalue weighted by atomic mass is 10.3. The summed E-state index contributed by atoms with van der Waals surface area (Å²) in [4.78, 5) is 35.9. The van der Waals surface area contributed by atoms with Crippen LogP contribution in [0, 0.1) is 11.3 Å². The zero-order valence-corrected chi connectivity index (χ0v) is 14.6. The Balaban J connectivity index is 2.90. The van der Waals surface area contributed by atoms with E-state index in [4.69, 9.17) is 22.1 Å². The number of benzene rings is 1. The highest BCUT2D eigenvalue weighted by Crippen LogP contribution is 2.11. The summed E-state index contributed by atoms with van der Waals surface area (Å²) in [7, 11) is 0. The van der Waals surface area contributed by atoms with Gasteiger partial charge >= 0.3 is 5.97 Å². The van der Waals surface area contributed by atoms with E-state index < -0.39 is 17.4 Å².